The molecule has 1 aliphatic heterocycles. The lowest BCUT2D eigenvalue weighted by molar-refractivity contribution is -0.131. The number of anilines is 1. The van der Waals surface area contributed by atoms with Crippen LogP contribution < -0.4 is 4.90 Å². The number of hydrogen-bond donors (Lipinski definition) is 1. The summed E-state index contributed by atoms with van der Waals surface area (Å²) in [6.45, 7) is 5.85. The fraction of sp³-hybridized carbons (Fsp3) is 0.333. The highest BCUT2D eigenvalue weighted by Gasteiger charge is 2.26. The monoisotopic (exact) mass is 336 g/mol. The Kier molecular flexibility index (Phi) is 3.83. The van der Waals surface area contributed by atoms with Crippen molar-refractivity contribution < 1.29 is 4.79 Å². The highest BCUT2D eigenvalue weighted by atomic mass is 16.2. The van der Waals surface area contributed by atoms with E-state index in [0.29, 0.717) is 12.5 Å². The lowest BCUT2D eigenvalue weighted by atomic mass is 10.1. The molecule has 4 heterocycles. The summed E-state index contributed by atoms with van der Waals surface area (Å²) in [5, 5.41) is 1.04. The molecule has 1 aliphatic rings. The summed E-state index contributed by atoms with van der Waals surface area (Å²) in [7, 11) is 0. The van der Waals surface area contributed by atoms with Gasteiger partial charge in [0.15, 0.2) is 0 Å². The van der Waals surface area contributed by atoms with E-state index >= 15 is 0 Å². The number of nitrogens with one attached hydrogen (secondary N) is 1. The van der Waals surface area contributed by atoms with Crippen molar-refractivity contribution in [2.75, 3.05) is 24.5 Å². The summed E-state index contributed by atoms with van der Waals surface area (Å²) in [4.78, 5) is 32.4. The highest BCUT2D eigenvalue weighted by Crippen LogP contribution is 2.27. The number of fused-ring (bicyclic) bond motifs is 1. The number of aromatic nitrogens is 4. The minimum Gasteiger partial charge on any atom is -0.345 e. The second-order valence-electron chi connectivity index (χ2n) is 6.35. The summed E-state index contributed by atoms with van der Waals surface area (Å²) in [6, 6.07) is 6.01. The first kappa shape index (κ1) is 15.6. The van der Waals surface area contributed by atoms with Crippen molar-refractivity contribution in [3.8, 4) is 11.3 Å². The van der Waals surface area contributed by atoms with Crippen molar-refractivity contribution >= 4 is 22.9 Å². The molecule has 7 nitrogen and oxygen atoms in total. The zero-order valence-corrected chi connectivity index (χ0v) is 14.3. The van der Waals surface area contributed by atoms with Crippen LogP contribution in [-0.4, -0.2) is 56.4 Å². The lowest BCUT2D eigenvalue weighted by Crippen LogP contribution is -2.53. The van der Waals surface area contributed by atoms with Crippen LogP contribution >= 0.6 is 0 Å². The van der Waals surface area contributed by atoms with Gasteiger partial charge in [-0.1, -0.05) is 0 Å². The van der Waals surface area contributed by atoms with E-state index in [9.17, 15) is 4.79 Å². The SMILES string of the molecule is CC(=O)N1CCN(c2nccc(-c3c[nH]c4ncccc34)n2)C[C@H]1C. The Hall–Kier alpha value is -2.96. The van der Waals surface area contributed by atoms with E-state index in [2.05, 4.69) is 26.8 Å². The highest BCUT2D eigenvalue weighted by molar-refractivity contribution is 5.92. The number of amides is 1. The Balaban J connectivity index is 1.63. The maximum absolute atomic E-state index is 11.7. The van der Waals surface area contributed by atoms with Crippen LogP contribution in [0.3, 0.4) is 0 Å². The van der Waals surface area contributed by atoms with E-state index in [1.807, 2.05) is 29.3 Å². The molecule has 0 saturated carbocycles. The summed E-state index contributed by atoms with van der Waals surface area (Å²) >= 11 is 0. The molecule has 0 bridgehead atoms. The third kappa shape index (κ3) is 2.82. The smallest absolute Gasteiger partial charge is 0.225 e. The van der Waals surface area contributed by atoms with Crippen molar-refractivity contribution in [3.63, 3.8) is 0 Å². The minimum atomic E-state index is 0.119. The second-order valence-corrected chi connectivity index (χ2v) is 6.35. The van der Waals surface area contributed by atoms with Crippen molar-refractivity contribution in [2.24, 2.45) is 0 Å². The number of pyridine rings is 1. The molecule has 3 aromatic heterocycles. The summed E-state index contributed by atoms with van der Waals surface area (Å²) in [5.74, 6) is 0.818. The van der Waals surface area contributed by atoms with E-state index in [1.165, 1.54) is 0 Å². The fourth-order valence-corrected chi connectivity index (χ4v) is 3.43. The number of aromatic amines is 1. The van der Waals surface area contributed by atoms with Crippen molar-refractivity contribution in [3.05, 3.63) is 36.8 Å². The number of nitrogens with zero attached hydrogens (tertiary/aromatic N) is 5. The maximum atomic E-state index is 11.7. The van der Waals surface area contributed by atoms with Crippen LogP contribution in [-0.2, 0) is 4.79 Å². The largest absolute Gasteiger partial charge is 0.345 e. The number of carbonyl (C=O) groups is 1. The van der Waals surface area contributed by atoms with Crippen molar-refractivity contribution in [2.45, 2.75) is 19.9 Å². The Morgan fingerprint density at radius 3 is 2.92 bits per heavy atom. The number of piperazine rings is 1. The molecule has 25 heavy (non-hydrogen) atoms. The van der Waals surface area contributed by atoms with Gasteiger partial charge in [0, 0.05) is 62.1 Å². The van der Waals surface area contributed by atoms with Crippen molar-refractivity contribution in [1.29, 1.82) is 0 Å². The van der Waals surface area contributed by atoms with Crippen LogP contribution in [0.2, 0.25) is 0 Å². The molecule has 1 amide bonds. The zero-order chi connectivity index (χ0) is 17.4. The van der Waals surface area contributed by atoms with Crippen LogP contribution in [0.15, 0.2) is 36.8 Å². The van der Waals surface area contributed by atoms with Crippen LogP contribution in [0.5, 0.6) is 0 Å². The van der Waals surface area contributed by atoms with Gasteiger partial charge in [-0.25, -0.2) is 15.0 Å². The van der Waals surface area contributed by atoms with Crippen LogP contribution in [0.4, 0.5) is 5.95 Å². The Bertz CT molecular complexity index is 921. The van der Waals surface area contributed by atoms with E-state index < -0.39 is 0 Å². The van der Waals surface area contributed by atoms with Crippen LogP contribution in [0, 0.1) is 0 Å². The third-order valence-electron chi connectivity index (χ3n) is 4.68. The Morgan fingerprint density at radius 2 is 2.12 bits per heavy atom. The van der Waals surface area contributed by atoms with Gasteiger partial charge < -0.3 is 14.8 Å². The molecule has 3 aromatic rings. The molecule has 0 unspecified atom stereocenters. The number of rotatable bonds is 2. The molecule has 128 valence electrons. The molecule has 7 heteroatoms. The van der Waals surface area contributed by atoms with Gasteiger partial charge in [0.1, 0.15) is 5.65 Å². The molecular formula is C18H20N6O. The molecule has 1 N–H and O–H groups in total. The number of hydrogen-bond acceptors (Lipinski definition) is 5. The lowest BCUT2D eigenvalue weighted by Gasteiger charge is -2.39. The summed E-state index contributed by atoms with van der Waals surface area (Å²) in [6.07, 6.45) is 5.49. The van der Waals surface area contributed by atoms with E-state index in [4.69, 9.17) is 4.98 Å². The standard InChI is InChI=1S/C18H20N6O/c1-12-11-23(8-9-24(12)13(2)25)18-20-7-5-16(22-18)15-10-21-17-14(15)4-3-6-19-17/h3-7,10,12H,8-9,11H2,1-2H3,(H,19,21)/t12-/m1/s1. The first-order valence-electron chi connectivity index (χ1n) is 8.41. The first-order chi connectivity index (χ1) is 12.1. The maximum Gasteiger partial charge on any atom is 0.225 e. The summed E-state index contributed by atoms with van der Waals surface area (Å²) in [5.41, 5.74) is 2.73. The first-order valence-corrected chi connectivity index (χ1v) is 8.41. The quantitative estimate of drug-likeness (QED) is 0.775. The second kappa shape index (κ2) is 6.16. The predicted molar refractivity (Wildman–Crippen MR) is 96.2 cm³/mol. The van der Waals surface area contributed by atoms with E-state index in [0.717, 1.165) is 35.4 Å². The number of carbonyl (C=O) groups excluding carboxylic acids is 1. The van der Waals surface area contributed by atoms with E-state index in [1.54, 1.807) is 19.3 Å². The predicted octanol–water partition coefficient (Wildman–Crippen LogP) is 2.08. The average molecular weight is 336 g/mol. The molecule has 0 spiro atoms. The minimum absolute atomic E-state index is 0.119. The Morgan fingerprint density at radius 1 is 1.24 bits per heavy atom. The van der Waals surface area contributed by atoms with Crippen LogP contribution in [0.25, 0.3) is 22.3 Å². The van der Waals surface area contributed by atoms with Gasteiger partial charge in [0.2, 0.25) is 11.9 Å². The van der Waals surface area contributed by atoms with Gasteiger partial charge in [0.25, 0.3) is 0 Å². The van der Waals surface area contributed by atoms with Gasteiger partial charge in [0.05, 0.1) is 5.69 Å². The zero-order valence-electron chi connectivity index (χ0n) is 14.3. The fourth-order valence-electron chi connectivity index (χ4n) is 3.43. The average Bonchev–Trinajstić information content (AvgIpc) is 3.05. The van der Waals surface area contributed by atoms with Gasteiger partial charge in [-0.3, -0.25) is 4.79 Å². The molecular weight excluding hydrogens is 316 g/mol. The molecule has 0 aromatic carbocycles. The molecule has 1 fully saturated rings. The molecule has 1 atom stereocenters. The van der Waals surface area contributed by atoms with Gasteiger partial charge in [-0.2, -0.15) is 0 Å². The van der Waals surface area contributed by atoms with Gasteiger partial charge >= 0.3 is 0 Å². The van der Waals surface area contributed by atoms with Gasteiger partial charge in [-0.15, -0.1) is 0 Å². The number of H-pyrrole nitrogens is 1. The third-order valence-corrected chi connectivity index (χ3v) is 4.68. The normalized spacial score (nSPS) is 17.9. The topological polar surface area (TPSA) is 78.0 Å². The molecule has 0 aliphatic carbocycles. The Labute approximate surface area is 145 Å². The molecule has 4 rings (SSSR count). The van der Waals surface area contributed by atoms with E-state index in [-0.39, 0.29) is 11.9 Å². The summed E-state index contributed by atoms with van der Waals surface area (Å²) < 4.78 is 0. The van der Waals surface area contributed by atoms with Crippen LogP contribution in [0.1, 0.15) is 13.8 Å². The molecule has 1 saturated heterocycles. The van der Waals surface area contributed by atoms with Gasteiger partial charge in [-0.05, 0) is 25.1 Å². The van der Waals surface area contributed by atoms with Crippen molar-refractivity contribution in [1.82, 2.24) is 24.8 Å². The molecule has 0 radical (unpaired) electrons.